The Balaban J connectivity index is 2.10. The number of aliphatic hydroxyl groups excluding tert-OH is 1. The zero-order chi connectivity index (χ0) is 13.1. The molecule has 0 heterocycles. The van der Waals surface area contributed by atoms with E-state index in [1.807, 2.05) is 12.1 Å². The molecule has 1 saturated carbocycles. The predicted octanol–water partition coefficient (Wildman–Crippen LogP) is 3.40. The van der Waals surface area contributed by atoms with E-state index in [1.54, 1.807) is 0 Å². The third-order valence-electron chi connectivity index (χ3n) is 3.72. The first kappa shape index (κ1) is 13.9. The fourth-order valence-electron chi connectivity index (χ4n) is 2.29. The molecule has 0 spiro atoms. The molecule has 100 valence electrons. The van der Waals surface area contributed by atoms with Crippen LogP contribution in [0.1, 0.15) is 38.3 Å². The van der Waals surface area contributed by atoms with Gasteiger partial charge >= 0.3 is 0 Å². The molecule has 0 radical (unpaired) electrons. The monoisotopic (exact) mass is 267 g/mol. The summed E-state index contributed by atoms with van der Waals surface area (Å²) in [6, 6.07) is 8.57. The summed E-state index contributed by atoms with van der Waals surface area (Å²) in [6.07, 6.45) is 2.55. The molecular weight excluding hydrogens is 246 g/mol. The van der Waals surface area contributed by atoms with Crippen molar-refractivity contribution < 1.29 is 5.11 Å². The fourth-order valence-corrected chi connectivity index (χ4v) is 2.42. The van der Waals surface area contributed by atoms with Crippen molar-refractivity contribution in [3.05, 3.63) is 34.9 Å². The minimum Gasteiger partial charge on any atom is -0.395 e. The normalized spacial score (nSPS) is 18.9. The lowest BCUT2D eigenvalue weighted by molar-refractivity contribution is 0.194. The van der Waals surface area contributed by atoms with Crippen LogP contribution in [0.15, 0.2) is 24.3 Å². The highest BCUT2D eigenvalue weighted by Crippen LogP contribution is 2.41. The number of nitrogens with one attached hydrogen (secondary N) is 1. The van der Waals surface area contributed by atoms with Crippen molar-refractivity contribution in [2.75, 3.05) is 6.61 Å². The first-order chi connectivity index (χ1) is 8.61. The van der Waals surface area contributed by atoms with E-state index in [0.717, 1.165) is 5.02 Å². The molecule has 1 aliphatic rings. The molecule has 1 unspecified atom stereocenters. The van der Waals surface area contributed by atoms with Crippen LogP contribution in [0, 0.1) is 11.8 Å². The molecular formula is C15H22ClNO. The standard InChI is InChI=1S/C15H22ClNO/c1-10(2)14(9-18)17-15(11-3-4-11)12-5-7-13(16)8-6-12/h5-8,10-11,14-15,17-18H,3-4,9H2,1-2H3/t14-,15?/m1/s1. The van der Waals surface area contributed by atoms with Crippen LogP contribution in [0.5, 0.6) is 0 Å². The van der Waals surface area contributed by atoms with Gasteiger partial charge in [-0.2, -0.15) is 0 Å². The minimum atomic E-state index is 0.159. The van der Waals surface area contributed by atoms with Gasteiger partial charge in [-0.15, -0.1) is 0 Å². The zero-order valence-corrected chi connectivity index (χ0v) is 11.8. The summed E-state index contributed by atoms with van der Waals surface area (Å²) in [5.74, 6) is 1.14. The van der Waals surface area contributed by atoms with Crippen LogP contribution in [0.3, 0.4) is 0 Å². The Hall–Kier alpha value is -0.570. The van der Waals surface area contributed by atoms with Crippen LogP contribution in [-0.4, -0.2) is 17.8 Å². The second-order valence-corrected chi connectivity index (χ2v) is 6.00. The molecule has 2 atom stereocenters. The topological polar surface area (TPSA) is 32.3 Å². The molecule has 1 aromatic carbocycles. The van der Waals surface area contributed by atoms with E-state index >= 15 is 0 Å². The van der Waals surface area contributed by atoms with E-state index < -0.39 is 0 Å². The summed E-state index contributed by atoms with van der Waals surface area (Å²) in [5.41, 5.74) is 1.28. The van der Waals surface area contributed by atoms with Gasteiger partial charge < -0.3 is 10.4 Å². The summed E-state index contributed by atoms with van der Waals surface area (Å²) >= 11 is 5.93. The molecule has 2 N–H and O–H groups in total. The van der Waals surface area contributed by atoms with Gasteiger partial charge in [-0.25, -0.2) is 0 Å². The van der Waals surface area contributed by atoms with E-state index in [-0.39, 0.29) is 12.6 Å². The van der Waals surface area contributed by atoms with E-state index in [0.29, 0.717) is 17.9 Å². The van der Waals surface area contributed by atoms with Gasteiger partial charge in [0, 0.05) is 17.1 Å². The Morgan fingerprint density at radius 1 is 1.28 bits per heavy atom. The van der Waals surface area contributed by atoms with Gasteiger partial charge in [0.05, 0.1) is 6.61 Å². The number of aliphatic hydroxyl groups is 1. The van der Waals surface area contributed by atoms with Gasteiger partial charge in [-0.05, 0) is 42.4 Å². The van der Waals surface area contributed by atoms with Crippen LogP contribution in [-0.2, 0) is 0 Å². The quantitative estimate of drug-likeness (QED) is 0.828. The van der Waals surface area contributed by atoms with E-state index in [9.17, 15) is 5.11 Å². The lowest BCUT2D eigenvalue weighted by atomic mass is 9.98. The molecule has 1 fully saturated rings. The minimum absolute atomic E-state index is 0.159. The average Bonchev–Trinajstić information content (AvgIpc) is 3.16. The molecule has 0 bridgehead atoms. The zero-order valence-electron chi connectivity index (χ0n) is 11.1. The molecule has 2 nitrogen and oxygen atoms in total. The van der Waals surface area contributed by atoms with Crippen molar-refractivity contribution in [1.29, 1.82) is 0 Å². The molecule has 1 aliphatic carbocycles. The maximum Gasteiger partial charge on any atom is 0.0587 e. The first-order valence-electron chi connectivity index (χ1n) is 6.74. The van der Waals surface area contributed by atoms with Crippen molar-refractivity contribution in [3.8, 4) is 0 Å². The highest BCUT2D eigenvalue weighted by Gasteiger charge is 2.33. The summed E-state index contributed by atoms with van der Waals surface area (Å²) in [7, 11) is 0. The van der Waals surface area contributed by atoms with Crippen LogP contribution >= 0.6 is 11.6 Å². The second kappa shape index (κ2) is 6.05. The van der Waals surface area contributed by atoms with E-state index in [2.05, 4.69) is 31.3 Å². The molecule has 0 amide bonds. The fraction of sp³-hybridized carbons (Fsp3) is 0.600. The molecule has 0 aliphatic heterocycles. The lowest BCUT2D eigenvalue weighted by Crippen LogP contribution is -2.40. The van der Waals surface area contributed by atoms with Gasteiger partial charge in [0.25, 0.3) is 0 Å². The van der Waals surface area contributed by atoms with Crippen molar-refractivity contribution in [2.45, 2.75) is 38.8 Å². The highest BCUT2D eigenvalue weighted by molar-refractivity contribution is 6.30. The smallest absolute Gasteiger partial charge is 0.0587 e. The van der Waals surface area contributed by atoms with Gasteiger partial charge in [0.1, 0.15) is 0 Å². The van der Waals surface area contributed by atoms with Gasteiger partial charge in [0.15, 0.2) is 0 Å². The third-order valence-corrected chi connectivity index (χ3v) is 3.97. The Morgan fingerprint density at radius 3 is 2.33 bits per heavy atom. The molecule has 18 heavy (non-hydrogen) atoms. The second-order valence-electron chi connectivity index (χ2n) is 5.57. The summed E-state index contributed by atoms with van der Waals surface area (Å²) in [4.78, 5) is 0. The van der Waals surface area contributed by atoms with E-state index in [4.69, 9.17) is 11.6 Å². The van der Waals surface area contributed by atoms with Crippen LogP contribution in [0.2, 0.25) is 5.02 Å². The van der Waals surface area contributed by atoms with Crippen molar-refractivity contribution in [2.24, 2.45) is 11.8 Å². The molecule has 0 aromatic heterocycles. The van der Waals surface area contributed by atoms with Gasteiger partial charge in [-0.1, -0.05) is 37.6 Å². The van der Waals surface area contributed by atoms with E-state index in [1.165, 1.54) is 18.4 Å². The molecule has 3 heteroatoms. The maximum absolute atomic E-state index is 9.45. The average molecular weight is 268 g/mol. The Morgan fingerprint density at radius 2 is 1.89 bits per heavy atom. The number of hydrogen-bond acceptors (Lipinski definition) is 2. The first-order valence-corrected chi connectivity index (χ1v) is 7.12. The summed E-state index contributed by atoms with van der Waals surface area (Å²) in [5, 5.41) is 13.8. The molecule has 0 saturated heterocycles. The van der Waals surface area contributed by atoms with Crippen LogP contribution in [0.4, 0.5) is 0 Å². The van der Waals surface area contributed by atoms with Crippen molar-refractivity contribution in [3.63, 3.8) is 0 Å². The Kier molecular flexibility index (Phi) is 4.66. The van der Waals surface area contributed by atoms with Crippen molar-refractivity contribution >= 4 is 11.6 Å². The summed E-state index contributed by atoms with van der Waals surface area (Å²) in [6.45, 7) is 4.47. The number of hydrogen-bond donors (Lipinski definition) is 2. The number of rotatable bonds is 6. The van der Waals surface area contributed by atoms with Crippen LogP contribution < -0.4 is 5.32 Å². The largest absolute Gasteiger partial charge is 0.395 e. The van der Waals surface area contributed by atoms with Gasteiger partial charge in [-0.3, -0.25) is 0 Å². The molecule has 2 rings (SSSR count). The van der Waals surface area contributed by atoms with Crippen LogP contribution in [0.25, 0.3) is 0 Å². The summed E-state index contributed by atoms with van der Waals surface area (Å²) < 4.78 is 0. The van der Waals surface area contributed by atoms with Crippen molar-refractivity contribution in [1.82, 2.24) is 5.32 Å². The number of benzene rings is 1. The Labute approximate surface area is 114 Å². The SMILES string of the molecule is CC(C)[C@@H](CO)NC(c1ccc(Cl)cc1)C1CC1. The number of halogens is 1. The Bertz CT molecular complexity index is 373. The highest BCUT2D eigenvalue weighted by atomic mass is 35.5. The third kappa shape index (κ3) is 3.47. The molecule has 1 aromatic rings. The van der Waals surface area contributed by atoms with Gasteiger partial charge in [0.2, 0.25) is 0 Å². The maximum atomic E-state index is 9.45. The lowest BCUT2D eigenvalue weighted by Gasteiger charge is -2.27. The predicted molar refractivity (Wildman–Crippen MR) is 75.8 cm³/mol.